The van der Waals surface area contributed by atoms with Crippen molar-refractivity contribution in [3.63, 3.8) is 0 Å². The Labute approximate surface area is 68.4 Å². The molecule has 0 aromatic carbocycles. The van der Waals surface area contributed by atoms with Gasteiger partial charge in [-0.15, -0.1) is 0 Å². The molecule has 0 aliphatic carbocycles. The van der Waals surface area contributed by atoms with Gasteiger partial charge in [0.2, 0.25) is 9.84 Å². The summed E-state index contributed by atoms with van der Waals surface area (Å²) in [6, 6.07) is 0. The Hall–Kier alpha value is -0.470. The van der Waals surface area contributed by atoms with Crippen molar-refractivity contribution < 1.29 is 34.8 Å². The van der Waals surface area contributed by atoms with Crippen LogP contribution in [-0.2, 0) is 9.84 Å². The van der Waals surface area contributed by atoms with Gasteiger partial charge in [-0.25, -0.2) is 21.6 Å². The van der Waals surface area contributed by atoms with E-state index in [4.69, 9.17) is 0 Å². The molecule has 0 N–H and O–H groups in total. The maximum atomic E-state index is 12.5. The summed E-state index contributed by atoms with van der Waals surface area (Å²) in [7, 11) is -5.43. The van der Waals surface area contributed by atoms with Crippen LogP contribution < -0.4 is 0 Å². The molecule has 0 unspecified atom stereocenters. The van der Waals surface area contributed by atoms with Crippen LogP contribution in [0.4, 0.5) is 26.3 Å². The van der Waals surface area contributed by atoms with Gasteiger partial charge in [-0.3, -0.25) is 0 Å². The van der Waals surface area contributed by atoms with Crippen LogP contribution in [0.5, 0.6) is 0 Å². The lowest BCUT2D eigenvalue weighted by Crippen LogP contribution is -2.72. The van der Waals surface area contributed by atoms with Crippen molar-refractivity contribution >= 4 is 9.84 Å². The van der Waals surface area contributed by atoms with Crippen molar-refractivity contribution in [2.75, 3.05) is 5.75 Å². The maximum Gasteiger partial charge on any atom is 0.443 e. The SMILES string of the molecule is O=S1(=O)CC(F)(F)[C@]1(F)C(F)(F)F. The molecule has 2 nitrogen and oxygen atoms in total. The summed E-state index contributed by atoms with van der Waals surface area (Å²) < 4.78 is 92.1. The lowest BCUT2D eigenvalue weighted by molar-refractivity contribution is -0.270. The number of rotatable bonds is 0. The topological polar surface area (TPSA) is 34.1 Å². The van der Waals surface area contributed by atoms with Crippen LogP contribution in [0.3, 0.4) is 0 Å². The van der Waals surface area contributed by atoms with Crippen LogP contribution in [0, 0.1) is 0 Å². The Balaban J connectivity index is 3.29. The van der Waals surface area contributed by atoms with Crippen molar-refractivity contribution in [1.82, 2.24) is 0 Å². The van der Waals surface area contributed by atoms with E-state index in [2.05, 4.69) is 0 Å². The molecule has 0 bridgehead atoms. The summed E-state index contributed by atoms with van der Waals surface area (Å²) in [5.41, 5.74) is 0. The molecule has 0 radical (unpaired) electrons. The fourth-order valence-corrected chi connectivity index (χ4v) is 2.47. The van der Waals surface area contributed by atoms with E-state index in [0.29, 0.717) is 0 Å². The molecule has 1 saturated heterocycles. The first-order valence-corrected chi connectivity index (χ1v) is 4.47. The van der Waals surface area contributed by atoms with E-state index < -0.39 is 32.7 Å². The van der Waals surface area contributed by atoms with Crippen molar-refractivity contribution in [3.8, 4) is 0 Å². The fourth-order valence-electron chi connectivity index (χ4n) is 0.962. The Morgan fingerprint density at radius 2 is 1.46 bits per heavy atom. The Morgan fingerprint density at radius 3 is 1.54 bits per heavy atom. The van der Waals surface area contributed by atoms with Gasteiger partial charge in [-0.1, -0.05) is 0 Å². The number of halogens is 6. The van der Waals surface area contributed by atoms with Gasteiger partial charge < -0.3 is 0 Å². The highest BCUT2D eigenvalue weighted by Gasteiger charge is 2.87. The third-order valence-corrected chi connectivity index (χ3v) is 3.76. The number of sulfone groups is 1. The highest BCUT2D eigenvalue weighted by atomic mass is 32.2. The van der Waals surface area contributed by atoms with Crippen molar-refractivity contribution in [2.24, 2.45) is 0 Å². The van der Waals surface area contributed by atoms with Crippen LogP contribution in [0.25, 0.3) is 0 Å². The molecular formula is C4H2F6O2S. The summed E-state index contributed by atoms with van der Waals surface area (Å²) in [5.74, 6) is -6.99. The molecule has 0 aromatic rings. The van der Waals surface area contributed by atoms with E-state index in [1.54, 1.807) is 0 Å². The van der Waals surface area contributed by atoms with Crippen molar-refractivity contribution in [3.05, 3.63) is 0 Å². The second-order valence-corrected chi connectivity index (χ2v) is 4.64. The molecule has 0 saturated carbocycles. The van der Waals surface area contributed by atoms with Gasteiger partial charge in [0.25, 0.3) is 0 Å². The van der Waals surface area contributed by atoms with Gasteiger partial charge >= 0.3 is 17.1 Å². The normalized spacial score (nSPS) is 36.8. The van der Waals surface area contributed by atoms with Gasteiger partial charge in [-0.05, 0) is 0 Å². The monoisotopic (exact) mass is 228 g/mol. The van der Waals surface area contributed by atoms with E-state index in [0.717, 1.165) is 0 Å². The number of hydrogen-bond acceptors (Lipinski definition) is 2. The van der Waals surface area contributed by atoms with Gasteiger partial charge in [0.05, 0.1) is 0 Å². The average Bonchev–Trinajstić information content (AvgIpc) is 1.80. The molecule has 1 aliphatic heterocycles. The van der Waals surface area contributed by atoms with E-state index in [1.165, 1.54) is 0 Å². The molecule has 1 heterocycles. The molecule has 1 atom stereocenters. The summed E-state index contributed by atoms with van der Waals surface area (Å²) >= 11 is 0. The van der Waals surface area contributed by atoms with Gasteiger partial charge in [0.15, 0.2) is 0 Å². The molecule has 78 valence electrons. The molecule has 9 heteroatoms. The highest BCUT2D eigenvalue weighted by molar-refractivity contribution is 7.94. The van der Waals surface area contributed by atoms with Crippen LogP contribution in [0.1, 0.15) is 0 Å². The smallest absolute Gasteiger partial charge is 0.225 e. The van der Waals surface area contributed by atoms with Gasteiger partial charge in [0.1, 0.15) is 5.75 Å². The predicted molar refractivity (Wildman–Crippen MR) is 28.6 cm³/mol. The van der Waals surface area contributed by atoms with E-state index in [9.17, 15) is 34.8 Å². The summed E-state index contributed by atoms with van der Waals surface area (Å²) in [4.78, 5) is 0. The first kappa shape index (κ1) is 10.6. The Bertz CT molecular complexity index is 317. The zero-order valence-electron chi connectivity index (χ0n) is 5.70. The van der Waals surface area contributed by atoms with Crippen molar-refractivity contribution in [2.45, 2.75) is 17.1 Å². The van der Waals surface area contributed by atoms with Crippen LogP contribution in [-0.4, -0.2) is 31.3 Å². The largest absolute Gasteiger partial charge is 0.443 e. The zero-order valence-corrected chi connectivity index (χ0v) is 6.52. The summed E-state index contributed by atoms with van der Waals surface area (Å²) in [6.45, 7) is 0. The minimum absolute atomic E-state index is 2.10. The van der Waals surface area contributed by atoms with E-state index in [-0.39, 0.29) is 0 Å². The third kappa shape index (κ3) is 0.990. The van der Waals surface area contributed by atoms with E-state index >= 15 is 0 Å². The third-order valence-electron chi connectivity index (χ3n) is 1.63. The molecule has 1 aliphatic rings. The fraction of sp³-hybridized carbons (Fsp3) is 1.00. The first-order valence-electron chi connectivity index (χ1n) is 2.81. The molecule has 1 rings (SSSR count). The molecule has 0 aromatic heterocycles. The molecule has 1 fully saturated rings. The highest BCUT2D eigenvalue weighted by Crippen LogP contribution is 2.57. The standard InChI is InChI=1S/C4H2F6O2S/c5-2(6)1-13(11,12)3(2,7)4(8,9)10/h1H2/t3-/m1/s1. The van der Waals surface area contributed by atoms with Crippen LogP contribution >= 0.6 is 0 Å². The zero-order chi connectivity index (χ0) is 10.7. The first-order chi connectivity index (χ1) is 5.46. The van der Waals surface area contributed by atoms with Crippen LogP contribution in [0.2, 0.25) is 0 Å². The lowest BCUT2D eigenvalue weighted by atomic mass is 10.2. The minimum Gasteiger partial charge on any atom is -0.225 e. The Kier molecular flexibility index (Phi) is 1.73. The number of hydrogen-bond donors (Lipinski definition) is 0. The Morgan fingerprint density at radius 1 is 1.08 bits per heavy atom. The maximum absolute atomic E-state index is 12.5. The van der Waals surface area contributed by atoms with Gasteiger partial charge in [-0.2, -0.15) is 13.2 Å². The van der Waals surface area contributed by atoms with Crippen molar-refractivity contribution in [1.29, 1.82) is 0 Å². The van der Waals surface area contributed by atoms with E-state index in [1.807, 2.05) is 0 Å². The second kappa shape index (κ2) is 2.12. The molecule has 0 spiro atoms. The number of alkyl halides is 6. The molecule has 0 amide bonds. The summed E-state index contributed by atoms with van der Waals surface area (Å²) in [6.07, 6.45) is -6.10. The molecular weight excluding hydrogens is 226 g/mol. The predicted octanol–water partition coefficient (Wildman–Crippen LogP) is 1.28. The summed E-state index contributed by atoms with van der Waals surface area (Å²) in [5, 5.41) is -5.41. The quantitative estimate of drug-likeness (QED) is 0.585. The molecule has 13 heavy (non-hydrogen) atoms. The minimum atomic E-state index is -6.10. The average molecular weight is 228 g/mol. The lowest BCUT2D eigenvalue weighted by Gasteiger charge is -2.41. The van der Waals surface area contributed by atoms with Gasteiger partial charge in [0, 0.05) is 0 Å². The van der Waals surface area contributed by atoms with Crippen LogP contribution in [0.15, 0.2) is 0 Å². The second-order valence-electron chi connectivity index (χ2n) is 2.56.